The van der Waals surface area contributed by atoms with E-state index >= 15 is 0 Å². The smallest absolute Gasteiger partial charge is 0.125 e. The summed E-state index contributed by atoms with van der Waals surface area (Å²) in [4.78, 5) is 0. The van der Waals surface area contributed by atoms with E-state index in [2.05, 4.69) is 46.0 Å². The topological polar surface area (TPSA) is 21.3 Å². The Hall–Kier alpha value is -1.02. The summed E-state index contributed by atoms with van der Waals surface area (Å²) in [5, 5.41) is 3.69. The Kier molecular flexibility index (Phi) is 4.43. The number of benzene rings is 1. The average molecular weight is 275 g/mol. The molecular formula is C18H29NO. The van der Waals surface area contributed by atoms with Crippen LogP contribution >= 0.6 is 0 Å². The number of nitrogens with one attached hydrogen (secondary N) is 1. The molecule has 0 radical (unpaired) electrons. The monoisotopic (exact) mass is 275 g/mol. The Morgan fingerprint density at radius 3 is 2.65 bits per heavy atom. The SMILES string of the molecule is CCNC1CC(C)(C)CCc2cc(C)c(OC)c(C)c21. The van der Waals surface area contributed by atoms with Gasteiger partial charge in [0, 0.05) is 6.04 Å². The fourth-order valence-electron chi connectivity index (χ4n) is 3.72. The Bertz CT molecular complexity index is 491. The molecule has 0 aromatic heterocycles. The lowest BCUT2D eigenvalue weighted by molar-refractivity contribution is 0.274. The van der Waals surface area contributed by atoms with Crippen LogP contribution in [0, 0.1) is 19.3 Å². The van der Waals surface area contributed by atoms with E-state index in [1.165, 1.54) is 41.5 Å². The van der Waals surface area contributed by atoms with Crippen LogP contribution in [0.2, 0.25) is 0 Å². The van der Waals surface area contributed by atoms with Crippen molar-refractivity contribution in [2.45, 2.75) is 59.9 Å². The van der Waals surface area contributed by atoms with Gasteiger partial charge in [0.2, 0.25) is 0 Å². The number of hydrogen-bond acceptors (Lipinski definition) is 2. The lowest BCUT2D eigenvalue weighted by Gasteiger charge is -2.28. The van der Waals surface area contributed by atoms with Gasteiger partial charge in [-0.25, -0.2) is 0 Å². The van der Waals surface area contributed by atoms with Crippen molar-refractivity contribution in [3.8, 4) is 5.75 Å². The Balaban J connectivity index is 2.56. The molecule has 112 valence electrons. The first-order valence-corrected chi connectivity index (χ1v) is 7.80. The maximum Gasteiger partial charge on any atom is 0.125 e. The van der Waals surface area contributed by atoms with Crippen molar-refractivity contribution in [2.75, 3.05) is 13.7 Å². The maximum absolute atomic E-state index is 5.63. The fourth-order valence-corrected chi connectivity index (χ4v) is 3.72. The highest BCUT2D eigenvalue weighted by atomic mass is 16.5. The number of aryl methyl sites for hydroxylation is 2. The van der Waals surface area contributed by atoms with Gasteiger partial charge in [-0.1, -0.05) is 26.8 Å². The molecule has 0 heterocycles. The lowest BCUT2D eigenvalue weighted by Crippen LogP contribution is -2.26. The summed E-state index contributed by atoms with van der Waals surface area (Å²) >= 11 is 0. The van der Waals surface area contributed by atoms with Crippen molar-refractivity contribution in [1.29, 1.82) is 0 Å². The predicted octanol–water partition coefficient (Wildman–Crippen LogP) is 4.33. The van der Waals surface area contributed by atoms with Crippen LogP contribution in [0.3, 0.4) is 0 Å². The maximum atomic E-state index is 5.63. The van der Waals surface area contributed by atoms with Crippen LogP contribution in [0.15, 0.2) is 6.07 Å². The first-order chi connectivity index (χ1) is 9.39. The largest absolute Gasteiger partial charge is 0.496 e. The van der Waals surface area contributed by atoms with Crippen molar-refractivity contribution < 1.29 is 4.74 Å². The zero-order valence-electron chi connectivity index (χ0n) is 13.9. The molecule has 1 aliphatic carbocycles. The molecule has 1 atom stereocenters. The van der Waals surface area contributed by atoms with E-state index in [-0.39, 0.29) is 0 Å². The van der Waals surface area contributed by atoms with E-state index in [0.717, 1.165) is 12.3 Å². The summed E-state index contributed by atoms with van der Waals surface area (Å²) in [7, 11) is 1.78. The second-order valence-electron chi connectivity index (χ2n) is 6.90. The molecule has 1 aromatic rings. The van der Waals surface area contributed by atoms with E-state index < -0.39 is 0 Å². The molecular weight excluding hydrogens is 246 g/mol. The molecule has 2 nitrogen and oxygen atoms in total. The normalized spacial score (nSPS) is 21.2. The van der Waals surface area contributed by atoms with Gasteiger partial charge < -0.3 is 10.1 Å². The Morgan fingerprint density at radius 1 is 1.35 bits per heavy atom. The van der Waals surface area contributed by atoms with Crippen LogP contribution in [0.1, 0.15) is 61.9 Å². The molecule has 1 aromatic carbocycles. The summed E-state index contributed by atoms with van der Waals surface area (Å²) in [6, 6.07) is 2.79. The third-order valence-electron chi connectivity index (χ3n) is 4.67. The zero-order chi connectivity index (χ0) is 14.9. The average Bonchev–Trinajstić information content (AvgIpc) is 2.47. The van der Waals surface area contributed by atoms with Crippen LogP contribution in [0.25, 0.3) is 0 Å². The molecule has 0 aliphatic heterocycles. The number of methoxy groups -OCH3 is 1. The van der Waals surface area contributed by atoms with Crippen molar-refractivity contribution in [2.24, 2.45) is 5.41 Å². The van der Waals surface area contributed by atoms with Crippen molar-refractivity contribution >= 4 is 0 Å². The zero-order valence-corrected chi connectivity index (χ0v) is 13.9. The van der Waals surface area contributed by atoms with Gasteiger partial charge in [0.05, 0.1) is 7.11 Å². The quantitative estimate of drug-likeness (QED) is 0.829. The van der Waals surface area contributed by atoms with Crippen molar-refractivity contribution in [3.05, 3.63) is 28.3 Å². The number of hydrogen-bond donors (Lipinski definition) is 1. The lowest BCUT2D eigenvalue weighted by atomic mass is 9.82. The van der Waals surface area contributed by atoms with Crippen LogP contribution in [0.5, 0.6) is 5.75 Å². The molecule has 20 heavy (non-hydrogen) atoms. The van der Waals surface area contributed by atoms with Gasteiger partial charge in [-0.3, -0.25) is 0 Å². The van der Waals surface area contributed by atoms with Crippen LogP contribution < -0.4 is 10.1 Å². The van der Waals surface area contributed by atoms with Crippen LogP contribution in [-0.4, -0.2) is 13.7 Å². The van der Waals surface area contributed by atoms with Gasteiger partial charge >= 0.3 is 0 Å². The molecule has 1 N–H and O–H groups in total. The first kappa shape index (κ1) is 15.4. The summed E-state index contributed by atoms with van der Waals surface area (Å²) < 4.78 is 5.63. The van der Waals surface area contributed by atoms with E-state index in [4.69, 9.17) is 4.74 Å². The van der Waals surface area contributed by atoms with Crippen molar-refractivity contribution in [1.82, 2.24) is 5.32 Å². The third kappa shape index (κ3) is 2.85. The highest BCUT2D eigenvalue weighted by Crippen LogP contribution is 2.43. The first-order valence-electron chi connectivity index (χ1n) is 7.80. The number of ether oxygens (including phenoxy) is 1. The minimum atomic E-state index is 0.388. The van der Waals surface area contributed by atoms with E-state index in [0.29, 0.717) is 11.5 Å². The fraction of sp³-hybridized carbons (Fsp3) is 0.667. The van der Waals surface area contributed by atoms with E-state index in [9.17, 15) is 0 Å². The van der Waals surface area contributed by atoms with Crippen LogP contribution in [-0.2, 0) is 6.42 Å². The standard InChI is InChI=1S/C18H29NO/c1-7-19-15-11-18(4,5)9-8-14-10-12(2)17(20-6)13(3)16(14)15/h10,15,19H,7-9,11H2,1-6H3. The van der Waals surface area contributed by atoms with Gasteiger partial charge in [-0.15, -0.1) is 0 Å². The highest BCUT2D eigenvalue weighted by molar-refractivity contribution is 5.51. The number of rotatable bonds is 3. The molecule has 0 spiro atoms. The van der Waals surface area contributed by atoms with E-state index in [1.54, 1.807) is 7.11 Å². The van der Waals surface area contributed by atoms with Gasteiger partial charge in [-0.05, 0) is 67.3 Å². The molecule has 0 amide bonds. The van der Waals surface area contributed by atoms with Crippen LogP contribution in [0.4, 0.5) is 0 Å². The molecule has 1 aliphatic rings. The van der Waals surface area contributed by atoms with Gasteiger partial charge in [-0.2, -0.15) is 0 Å². The minimum absolute atomic E-state index is 0.388. The molecule has 2 rings (SSSR count). The van der Waals surface area contributed by atoms with Gasteiger partial charge in [0.15, 0.2) is 0 Å². The molecule has 0 bridgehead atoms. The minimum Gasteiger partial charge on any atom is -0.496 e. The van der Waals surface area contributed by atoms with E-state index in [1.807, 2.05) is 0 Å². The van der Waals surface area contributed by atoms with Crippen molar-refractivity contribution in [3.63, 3.8) is 0 Å². The Labute approximate surface area is 123 Å². The highest BCUT2D eigenvalue weighted by Gasteiger charge is 2.31. The third-order valence-corrected chi connectivity index (χ3v) is 4.67. The molecule has 0 saturated heterocycles. The summed E-state index contributed by atoms with van der Waals surface area (Å²) in [5.41, 5.74) is 5.97. The second-order valence-corrected chi connectivity index (χ2v) is 6.90. The molecule has 2 heteroatoms. The van der Waals surface area contributed by atoms with Gasteiger partial charge in [0.1, 0.15) is 5.75 Å². The van der Waals surface area contributed by atoms with Gasteiger partial charge in [0.25, 0.3) is 0 Å². The molecule has 0 saturated carbocycles. The summed E-state index contributed by atoms with van der Waals surface area (Å²) in [6.45, 7) is 12.4. The summed E-state index contributed by atoms with van der Waals surface area (Å²) in [5.74, 6) is 1.06. The molecule has 0 fully saturated rings. The predicted molar refractivity (Wildman–Crippen MR) is 85.6 cm³/mol. The number of fused-ring (bicyclic) bond motifs is 1. The molecule has 1 unspecified atom stereocenters. The summed E-state index contributed by atoms with van der Waals surface area (Å²) in [6.07, 6.45) is 3.63. The Morgan fingerprint density at radius 2 is 2.05 bits per heavy atom. The second kappa shape index (κ2) is 5.77.